The number of amides is 1. The molecule has 1 atom stereocenters. The third-order valence-electron chi connectivity index (χ3n) is 5.08. The fourth-order valence-corrected chi connectivity index (χ4v) is 3.34. The maximum Gasteiger partial charge on any atom is 0.249 e. The Bertz CT molecular complexity index is 658. The Morgan fingerprint density at radius 3 is 2.72 bits per heavy atom. The number of piperidine rings is 1. The van der Waals surface area contributed by atoms with Crippen LogP contribution in [0.15, 0.2) is 18.2 Å². The summed E-state index contributed by atoms with van der Waals surface area (Å²) >= 11 is 0. The van der Waals surface area contributed by atoms with Crippen LogP contribution < -0.4 is 10.1 Å². The zero-order valence-corrected chi connectivity index (χ0v) is 14.6. The van der Waals surface area contributed by atoms with E-state index < -0.39 is 6.10 Å². The number of ether oxygens (including phenoxy) is 1. The summed E-state index contributed by atoms with van der Waals surface area (Å²) in [6.07, 6.45) is 2.77. The fourth-order valence-electron chi connectivity index (χ4n) is 3.34. The van der Waals surface area contributed by atoms with Gasteiger partial charge in [0, 0.05) is 18.2 Å². The molecule has 2 fully saturated rings. The van der Waals surface area contributed by atoms with E-state index >= 15 is 0 Å². The van der Waals surface area contributed by atoms with Crippen LogP contribution in [-0.4, -0.2) is 48.3 Å². The molecule has 0 spiro atoms. The summed E-state index contributed by atoms with van der Waals surface area (Å²) in [5.74, 6) is 0.539. The molecule has 1 saturated heterocycles. The van der Waals surface area contributed by atoms with E-state index in [0.29, 0.717) is 5.56 Å². The second-order valence-corrected chi connectivity index (χ2v) is 6.98. The Labute approximate surface area is 148 Å². The quantitative estimate of drug-likeness (QED) is 0.816. The Morgan fingerprint density at radius 1 is 1.40 bits per heavy atom. The van der Waals surface area contributed by atoms with Gasteiger partial charge in [0.1, 0.15) is 11.9 Å². The second-order valence-electron chi connectivity index (χ2n) is 6.98. The molecule has 0 bridgehead atoms. The molecule has 6 nitrogen and oxygen atoms in total. The van der Waals surface area contributed by atoms with Crippen LogP contribution in [0.3, 0.4) is 0 Å². The molecule has 2 aliphatic rings. The Hall–Kier alpha value is -2.10. The molecule has 0 aromatic heterocycles. The van der Waals surface area contributed by atoms with Crippen LogP contribution >= 0.6 is 0 Å². The number of carbonyl (C=O) groups excluding carboxylic acids is 1. The van der Waals surface area contributed by atoms with E-state index in [2.05, 4.69) is 16.3 Å². The van der Waals surface area contributed by atoms with Crippen molar-refractivity contribution in [3.8, 4) is 11.8 Å². The average molecular weight is 343 g/mol. The van der Waals surface area contributed by atoms with Gasteiger partial charge >= 0.3 is 0 Å². The Morgan fingerprint density at radius 2 is 2.12 bits per heavy atom. The molecule has 1 saturated carbocycles. The normalized spacial score (nSPS) is 19.9. The van der Waals surface area contributed by atoms with E-state index in [4.69, 9.17) is 10.00 Å². The van der Waals surface area contributed by atoms with Crippen LogP contribution in [0, 0.1) is 17.2 Å². The first-order valence-corrected chi connectivity index (χ1v) is 8.88. The van der Waals surface area contributed by atoms with Gasteiger partial charge in [0.05, 0.1) is 18.7 Å². The van der Waals surface area contributed by atoms with Gasteiger partial charge in [0.25, 0.3) is 0 Å². The van der Waals surface area contributed by atoms with Crippen molar-refractivity contribution in [2.75, 3.05) is 20.2 Å². The van der Waals surface area contributed by atoms with Gasteiger partial charge in [0.15, 0.2) is 0 Å². The zero-order chi connectivity index (χ0) is 17.8. The van der Waals surface area contributed by atoms with Gasteiger partial charge in [-0.25, -0.2) is 0 Å². The van der Waals surface area contributed by atoms with Gasteiger partial charge < -0.3 is 15.2 Å². The van der Waals surface area contributed by atoms with Gasteiger partial charge in [0.2, 0.25) is 5.91 Å². The number of hydrogen-bond acceptors (Lipinski definition) is 5. The largest absolute Gasteiger partial charge is 0.496 e. The van der Waals surface area contributed by atoms with E-state index in [1.54, 1.807) is 19.2 Å². The maximum atomic E-state index is 12.0. The SMILES string of the molecule is COc1cc(C#N)ccc1CN1CCC([C@@H](O)C(=O)NC2CC2)CC1. The van der Waals surface area contributed by atoms with Crippen molar-refractivity contribution in [3.63, 3.8) is 0 Å². The van der Waals surface area contributed by atoms with Crippen LogP contribution in [-0.2, 0) is 11.3 Å². The number of hydrogen-bond donors (Lipinski definition) is 2. The van der Waals surface area contributed by atoms with Crippen molar-refractivity contribution in [3.05, 3.63) is 29.3 Å². The van der Waals surface area contributed by atoms with Crippen LogP contribution in [0.1, 0.15) is 36.8 Å². The molecule has 6 heteroatoms. The minimum absolute atomic E-state index is 0.0258. The molecule has 1 aromatic carbocycles. The number of aliphatic hydroxyl groups excluding tert-OH is 1. The Balaban J connectivity index is 1.52. The molecule has 1 heterocycles. The number of methoxy groups -OCH3 is 1. The van der Waals surface area contributed by atoms with Crippen molar-refractivity contribution in [1.29, 1.82) is 5.26 Å². The molecule has 1 aliphatic heterocycles. The van der Waals surface area contributed by atoms with Gasteiger partial charge in [-0.15, -0.1) is 0 Å². The van der Waals surface area contributed by atoms with E-state index in [1.165, 1.54) is 0 Å². The van der Waals surface area contributed by atoms with Crippen LogP contribution in [0.4, 0.5) is 0 Å². The summed E-state index contributed by atoms with van der Waals surface area (Å²) in [4.78, 5) is 14.3. The third-order valence-corrected chi connectivity index (χ3v) is 5.08. The number of nitrogens with zero attached hydrogens (tertiary/aromatic N) is 2. The molecular formula is C19H25N3O3. The first-order valence-electron chi connectivity index (χ1n) is 8.88. The lowest BCUT2D eigenvalue weighted by molar-refractivity contribution is -0.133. The smallest absolute Gasteiger partial charge is 0.249 e. The highest BCUT2D eigenvalue weighted by Crippen LogP contribution is 2.27. The van der Waals surface area contributed by atoms with Gasteiger partial charge in [-0.2, -0.15) is 5.26 Å². The van der Waals surface area contributed by atoms with Crippen LogP contribution in [0.25, 0.3) is 0 Å². The molecular weight excluding hydrogens is 318 g/mol. The predicted octanol–water partition coefficient (Wildman–Crippen LogP) is 1.42. The maximum absolute atomic E-state index is 12.0. The van der Waals surface area contributed by atoms with Crippen molar-refractivity contribution >= 4 is 5.91 Å². The molecule has 1 amide bonds. The highest BCUT2D eigenvalue weighted by molar-refractivity contribution is 5.81. The highest BCUT2D eigenvalue weighted by Gasteiger charge is 2.33. The number of carbonyl (C=O) groups is 1. The fraction of sp³-hybridized carbons (Fsp3) is 0.579. The van der Waals surface area contributed by atoms with Gasteiger partial charge in [-0.1, -0.05) is 6.07 Å². The standard InChI is InChI=1S/C19H25N3O3/c1-25-17-10-13(11-20)2-3-15(17)12-22-8-6-14(7-9-22)18(23)19(24)21-16-4-5-16/h2-3,10,14,16,18,23H,4-9,12H2,1H3,(H,21,24)/t18-/m1/s1. The number of rotatable bonds is 6. The first-order chi connectivity index (χ1) is 12.1. The highest BCUT2D eigenvalue weighted by atomic mass is 16.5. The number of aliphatic hydroxyl groups is 1. The minimum Gasteiger partial charge on any atom is -0.496 e. The molecule has 3 rings (SSSR count). The van der Waals surface area contributed by atoms with Gasteiger partial charge in [-0.05, 0) is 56.8 Å². The molecule has 1 aliphatic carbocycles. The molecule has 25 heavy (non-hydrogen) atoms. The molecule has 134 valence electrons. The molecule has 1 aromatic rings. The van der Waals surface area contributed by atoms with Crippen molar-refractivity contribution in [2.45, 2.75) is 44.4 Å². The number of likely N-dealkylation sites (tertiary alicyclic amines) is 1. The molecule has 0 unspecified atom stereocenters. The van der Waals surface area contributed by atoms with E-state index in [0.717, 1.165) is 56.6 Å². The van der Waals surface area contributed by atoms with Crippen LogP contribution in [0.2, 0.25) is 0 Å². The second kappa shape index (κ2) is 7.85. The molecule has 0 radical (unpaired) electrons. The monoisotopic (exact) mass is 343 g/mol. The third kappa shape index (κ3) is 4.50. The first kappa shape index (κ1) is 17.7. The van der Waals surface area contributed by atoms with E-state index in [-0.39, 0.29) is 17.9 Å². The van der Waals surface area contributed by atoms with Crippen molar-refractivity contribution in [1.82, 2.24) is 10.2 Å². The van der Waals surface area contributed by atoms with E-state index in [1.807, 2.05) is 6.07 Å². The summed E-state index contributed by atoms with van der Waals surface area (Å²) in [6.45, 7) is 2.41. The number of nitriles is 1. The summed E-state index contributed by atoms with van der Waals surface area (Å²) in [6, 6.07) is 7.90. The lowest BCUT2D eigenvalue weighted by atomic mass is 9.90. The summed E-state index contributed by atoms with van der Waals surface area (Å²) in [5.41, 5.74) is 1.64. The zero-order valence-electron chi connectivity index (χ0n) is 14.6. The summed E-state index contributed by atoms with van der Waals surface area (Å²) < 4.78 is 5.39. The number of nitrogens with one attached hydrogen (secondary N) is 1. The predicted molar refractivity (Wildman–Crippen MR) is 92.9 cm³/mol. The van der Waals surface area contributed by atoms with Gasteiger partial charge in [-0.3, -0.25) is 9.69 Å². The van der Waals surface area contributed by atoms with Crippen LogP contribution in [0.5, 0.6) is 5.75 Å². The summed E-state index contributed by atoms with van der Waals surface area (Å²) in [5, 5.41) is 22.1. The average Bonchev–Trinajstić information content (AvgIpc) is 3.46. The Kier molecular flexibility index (Phi) is 5.57. The number of benzene rings is 1. The molecule has 2 N–H and O–H groups in total. The van der Waals surface area contributed by atoms with Crippen molar-refractivity contribution in [2.24, 2.45) is 5.92 Å². The van der Waals surface area contributed by atoms with E-state index in [9.17, 15) is 9.90 Å². The lowest BCUT2D eigenvalue weighted by Crippen LogP contribution is -2.44. The topological polar surface area (TPSA) is 85.6 Å². The summed E-state index contributed by atoms with van der Waals surface area (Å²) in [7, 11) is 1.61. The van der Waals surface area contributed by atoms with Crippen molar-refractivity contribution < 1.29 is 14.6 Å². The lowest BCUT2D eigenvalue weighted by Gasteiger charge is -2.34. The minimum atomic E-state index is -0.896.